The lowest BCUT2D eigenvalue weighted by molar-refractivity contribution is -0.155. The van der Waals surface area contributed by atoms with E-state index >= 15 is 0 Å². The Morgan fingerprint density at radius 3 is 2.48 bits per heavy atom. The second kappa shape index (κ2) is 9.05. The molecular weight excluding hydrogens is 338 g/mol. The van der Waals surface area contributed by atoms with Crippen LogP contribution in [0.15, 0.2) is 54.6 Å². The van der Waals surface area contributed by atoms with E-state index in [1.165, 1.54) is 11.1 Å². The van der Waals surface area contributed by atoms with Gasteiger partial charge in [0.1, 0.15) is 24.0 Å². The summed E-state index contributed by atoms with van der Waals surface area (Å²) in [6, 6.07) is 17.8. The van der Waals surface area contributed by atoms with Crippen molar-refractivity contribution >= 4 is 5.97 Å². The fraction of sp³-hybridized carbons (Fsp3) is 0.435. The Morgan fingerprint density at radius 2 is 1.78 bits per heavy atom. The molecule has 0 radical (unpaired) electrons. The number of cyclic esters (lactones) is 1. The molecular formula is C23H29NO3. The van der Waals surface area contributed by atoms with E-state index in [4.69, 9.17) is 15.2 Å². The van der Waals surface area contributed by atoms with Gasteiger partial charge in [-0.25, -0.2) is 0 Å². The average molecular weight is 367 g/mol. The number of esters is 1. The fourth-order valence-electron chi connectivity index (χ4n) is 3.70. The molecule has 0 aromatic heterocycles. The summed E-state index contributed by atoms with van der Waals surface area (Å²) in [6.45, 7) is 4.00. The van der Waals surface area contributed by atoms with Crippen LogP contribution in [0, 0.1) is 12.8 Å². The molecule has 1 heterocycles. The van der Waals surface area contributed by atoms with E-state index in [1.54, 1.807) is 0 Å². The molecule has 4 heteroatoms. The van der Waals surface area contributed by atoms with Gasteiger partial charge in [-0.05, 0) is 50.8 Å². The number of rotatable bonds is 4. The number of nitrogens with two attached hydrogens (primary N) is 1. The molecule has 3 rings (SSSR count). The Labute approximate surface area is 161 Å². The Hall–Kier alpha value is -2.33. The van der Waals surface area contributed by atoms with E-state index in [0.717, 1.165) is 25.0 Å². The molecule has 0 spiro atoms. The van der Waals surface area contributed by atoms with Gasteiger partial charge < -0.3 is 15.2 Å². The van der Waals surface area contributed by atoms with Crippen LogP contribution in [0.4, 0.5) is 0 Å². The van der Waals surface area contributed by atoms with Gasteiger partial charge in [0.15, 0.2) is 0 Å². The monoisotopic (exact) mass is 367 g/mol. The van der Waals surface area contributed by atoms with Crippen LogP contribution >= 0.6 is 0 Å². The van der Waals surface area contributed by atoms with Crippen LogP contribution in [0.3, 0.4) is 0 Å². The van der Waals surface area contributed by atoms with Crippen LogP contribution in [-0.2, 0) is 16.0 Å². The Kier molecular flexibility index (Phi) is 6.51. The molecule has 4 unspecified atom stereocenters. The van der Waals surface area contributed by atoms with Gasteiger partial charge in [-0.2, -0.15) is 0 Å². The summed E-state index contributed by atoms with van der Waals surface area (Å²) in [5, 5.41) is 0. The quantitative estimate of drug-likeness (QED) is 0.829. The molecule has 1 fully saturated rings. The van der Waals surface area contributed by atoms with Crippen molar-refractivity contribution in [1.29, 1.82) is 0 Å². The van der Waals surface area contributed by atoms with Gasteiger partial charge in [0, 0.05) is 5.92 Å². The van der Waals surface area contributed by atoms with Gasteiger partial charge in [0.2, 0.25) is 0 Å². The lowest BCUT2D eigenvalue weighted by Gasteiger charge is -2.31. The zero-order valence-corrected chi connectivity index (χ0v) is 16.1. The van der Waals surface area contributed by atoms with Gasteiger partial charge >= 0.3 is 5.97 Å². The SMILES string of the molecule is Cc1ccc(CC2CCCC(N)C(=O)OC(C)C2Oc2ccccc2)cc1. The third-order valence-electron chi connectivity index (χ3n) is 5.26. The van der Waals surface area contributed by atoms with Crippen LogP contribution in [0.1, 0.15) is 37.3 Å². The van der Waals surface area contributed by atoms with E-state index < -0.39 is 6.04 Å². The van der Waals surface area contributed by atoms with Crippen LogP contribution in [0.25, 0.3) is 0 Å². The van der Waals surface area contributed by atoms with Gasteiger partial charge in [-0.3, -0.25) is 4.79 Å². The smallest absolute Gasteiger partial charge is 0.323 e. The van der Waals surface area contributed by atoms with Crippen molar-refractivity contribution in [2.45, 2.75) is 57.8 Å². The molecule has 2 aromatic carbocycles. The first-order chi connectivity index (χ1) is 13.0. The largest absolute Gasteiger partial charge is 0.486 e. The number of carbonyl (C=O) groups excluding carboxylic acids is 1. The lowest BCUT2D eigenvalue weighted by Crippen LogP contribution is -2.42. The molecule has 27 heavy (non-hydrogen) atoms. The minimum atomic E-state index is -0.553. The van der Waals surface area contributed by atoms with E-state index in [-0.39, 0.29) is 24.1 Å². The van der Waals surface area contributed by atoms with Crippen LogP contribution in [0.2, 0.25) is 0 Å². The highest BCUT2D eigenvalue weighted by atomic mass is 16.6. The zero-order chi connectivity index (χ0) is 19.2. The van der Waals surface area contributed by atoms with Crippen molar-refractivity contribution in [3.05, 3.63) is 65.7 Å². The molecule has 1 aliphatic rings. The van der Waals surface area contributed by atoms with E-state index in [9.17, 15) is 4.79 Å². The second-order valence-corrected chi connectivity index (χ2v) is 7.52. The summed E-state index contributed by atoms with van der Waals surface area (Å²) in [5.41, 5.74) is 8.50. The Bertz CT molecular complexity index is 729. The number of hydrogen-bond acceptors (Lipinski definition) is 4. The van der Waals surface area contributed by atoms with Crippen molar-refractivity contribution in [1.82, 2.24) is 0 Å². The first kappa shape index (κ1) is 19.4. The van der Waals surface area contributed by atoms with E-state index in [2.05, 4.69) is 31.2 Å². The van der Waals surface area contributed by atoms with Crippen LogP contribution in [-0.4, -0.2) is 24.2 Å². The van der Waals surface area contributed by atoms with Crippen molar-refractivity contribution in [3.8, 4) is 5.75 Å². The topological polar surface area (TPSA) is 61.6 Å². The maximum absolute atomic E-state index is 12.2. The second-order valence-electron chi connectivity index (χ2n) is 7.52. The van der Waals surface area contributed by atoms with Crippen molar-refractivity contribution in [2.24, 2.45) is 11.7 Å². The number of benzene rings is 2. The predicted octanol–water partition coefficient (Wildman–Crippen LogP) is 4.04. The zero-order valence-electron chi connectivity index (χ0n) is 16.1. The maximum atomic E-state index is 12.2. The minimum Gasteiger partial charge on any atom is -0.486 e. The normalized spacial score (nSPS) is 26.4. The number of carbonyl (C=O) groups is 1. The summed E-state index contributed by atoms with van der Waals surface area (Å²) in [4.78, 5) is 12.2. The third kappa shape index (κ3) is 5.33. The highest BCUT2D eigenvalue weighted by Crippen LogP contribution is 2.28. The van der Waals surface area contributed by atoms with Crippen molar-refractivity contribution in [2.75, 3.05) is 0 Å². The van der Waals surface area contributed by atoms with E-state index in [0.29, 0.717) is 6.42 Å². The summed E-state index contributed by atoms with van der Waals surface area (Å²) in [6.07, 6.45) is 2.78. The predicted molar refractivity (Wildman–Crippen MR) is 107 cm³/mol. The highest BCUT2D eigenvalue weighted by Gasteiger charge is 2.34. The molecule has 4 nitrogen and oxygen atoms in total. The molecule has 2 aromatic rings. The molecule has 0 bridgehead atoms. The Balaban J connectivity index is 1.85. The number of para-hydroxylation sites is 1. The lowest BCUT2D eigenvalue weighted by atomic mass is 9.86. The molecule has 4 atom stereocenters. The molecule has 0 amide bonds. The first-order valence-corrected chi connectivity index (χ1v) is 9.76. The van der Waals surface area contributed by atoms with Crippen LogP contribution < -0.4 is 10.5 Å². The standard InChI is InChI=1S/C23H29NO3/c1-16-11-13-18(14-12-16)15-19-7-6-10-21(24)23(25)26-17(2)22(19)27-20-8-4-3-5-9-20/h3-5,8-9,11-14,17,19,21-22H,6-7,10,15,24H2,1-2H3. The molecule has 1 saturated heterocycles. The fourth-order valence-corrected chi connectivity index (χ4v) is 3.70. The third-order valence-corrected chi connectivity index (χ3v) is 5.26. The molecule has 144 valence electrons. The van der Waals surface area contributed by atoms with Gasteiger partial charge in [0.05, 0.1) is 0 Å². The summed E-state index contributed by atoms with van der Waals surface area (Å²) >= 11 is 0. The van der Waals surface area contributed by atoms with Gasteiger partial charge in [-0.15, -0.1) is 0 Å². The summed E-state index contributed by atoms with van der Waals surface area (Å²) in [5.74, 6) is 0.698. The number of hydrogen-bond donors (Lipinski definition) is 1. The minimum absolute atomic E-state index is 0.219. The van der Waals surface area contributed by atoms with E-state index in [1.807, 2.05) is 37.3 Å². The maximum Gasteiger partial charge on any atom is 0.323 e. The molecule has 1 aliphatic heterocycles. The number of aryl methyl sites for hydroxylation is 1. The van der Waals surface area contributed by atoms with Crippen molar-refractivity contribution < 1.29 is 14.3 Å². The van der Waals surface area contributed by atoms with Crippen molar-refractivity contribution in [3.63, 3.8) is 0 Å². The molecule has 2 N–H and O–H groups in total. The number of ether oxygens (including phenoxy) is 2. The summed E-state index contributed by atoms with van der Waals surface area (Å²) < 4.78 is 12.0. The molecule has 0 aliphatic carbocycles. The first-order valence-electron chi connectivity index (χ1n) is 9.76. The average Bonchev–Trinajstić information content (AvgIpc) is 2.71. The highest BCUT2D eigenvalue weighted by molar-refractivity contribution is 5.75. The Morgan fingerprint density at radius 1 is 1.07 bits per heavy atom. The van der Waals surface area contributed by atoms with Crippen LogP contribution in [0.5, 0.6) is 5.75 Å². The van der Waals surface area contributed by atoms with Gasteiger partial charge in [0.25, 0.3) is 0 Å². The van der Waals surface area contributed by atoms with Gasteiger partial charge in [-0.1, -0.05) is 54.4 Å². The summed E-state index contributed by atoms with van der Waals surface area (Å²) in [7, 11) is 0. The molecule has 0 saturated carbocycles.